The van der Waals surface area contributed by atoms with Crippen LogP contribution in [0.4, 0.5) is 0 Å². The zero-order valence-electron chi connectivity index (χ0n) is 24.1. The molecule has 2 fully saturated rings. The third-order valence-corrected chi connectivity index (χ3v) is 7.23. The van der Waals surface area contributed by atoms with Gasteiger partial charge in [-0.2, -0.15) is 0 Å². The van der Waals surface area contributed by atoms with Crippen molar-refractivity contribution in [1.29, 1.82) is 0 Å². The third kappa shape index (κ3) is 9.99. The van der Waals surface area contributed by atoms with Crippen molar-refractivity contribution in [1.82, 2.24) is 15.9 Å². The van der Waals surface area contributed by atoms with Gasteiger partial charge in [-0.05, 0) is 56.9 Å². The molecule has 0 radical (unpaired) electrons. The van der Waals surface area contributed by atoms with E-state index in [2.05, 4.69) is 10.9 Å². The SMILES string of the molecule is CC(C)C[C@@H](C(=O)NN(C(=O)[C@@H](C)N)C1CCOCC1)[C@H](CC=Cc1ccccc1)C(=O)NOC1CCCCO1. The van der Waals surface area contributed by atoms with Gasteiger partial charge in [0.15, 0.2) is 6.29 Å². The van der Waals surface area contributed by atoms with Gasteiger partial charge < -0.3 is 15.2 Å². The molecule has 2 aliphatic heterocycles. The molecule has 3 amide bonds. The Morgan fingerprint density at radius 1 is 1.02 bits per heavy atom. The van der Waals surface area contributed by atoms with Crippen LogP contribution in [0.1, 0.15) is 71.3 Å². The molecule has 1 unspecified atom stereocenters. The second-order valence-corrected chi connectivity index (χ2v) is 11.1. The summed E-state index contributed by atoms with van der Waals surface area (Å²) in [7, 11) is 0. The minimum Gasteiger partial charge on any atom is -0.381 e. The van der Waals surface area contributed by atoms with Crippen LogP contribution in [-0.4, -0.2) is 60.9 Å². The zero-order chi connectivity index (χ0) is 28.9. The van der Waals surface area contributed by atoms with Gasteiger partial charge in [-0.15, -0.1) is 0 Å². The van der Waals surface area contributed by atoms with Crippen LogP contribution in [-0.2, 0) is 28.7 Å². The minimum absolute atomic E-state index is 0.118. The monoisotopic (exact) mass is 558 g/mol. The average Bonchev–Trinajstić information content (AvgIpc) is 2.96. The number of hydroxylamine groups is 1. The van der Waals surface area contributed by atoms with Crippen molar-refractivity contribution in [2.24, 2.45) is 23.5 Å². The Hall–Kier alpha value is -2.79. The van der Waals surface area contributed by atoms with Gasteiger partial charge in [-0.3, -0.25) is 19.8 Å². The summed E-state index contributed by atoms with van der Waals surface area (Å²) in [5.74, 6) is -2.51. The summed E-state index contributed by atoms with van der Waals surface area (Å²) in [6.07, 6.45) is 7.86. The van der Waals surface area contributed by atoms with Gasteiger partial charge in [0.1, 0.15) is 0 Å². The molecule has 0 aliphatic carbocycles. The molecule has 3 rings (SSSR count). The van der Waals surface area contributed by atoms with Crippen LogP contribution >= 0.6 is 0 Å². The highest BCUT2D eigenvalue weighted by Gasteiger charge is 2.37. The van der Waals surface area contributed by atoms with E-state index in [1.807, 2.05) is 56.3 Å². The molecule has 0 aromatic heterocycles. The first-order valence-electron chi connectivity index (χ1n) is 14.5. The molecule has 40 heavy (non-hydrogen) atoms. The van der Waals surface area contributed by atoms with Crippen LogP contribution in [0.25, 0.3) is 6.08 Å². The molecule has 2 aliphatic rings. The highest BCUT2D eigenvalue weighted by atomic mass is 16.8. The van der Waals surface area contributed by atoms with Crippen LogP contribution in [0, 0.1) is 17.8 Å². The summed E-state index contributed by atoms with van der Waals surface area (Å²) in [5.41, 5.74) is 12.4. The molecule has 1 aromatic rings. The van der Waals surface area contributed by atoms with Crippen LogP contribution in [0.3, 0.4) is 0 Å². The van der Waals surface area contributed by atoms with Crippen LogP contribution in [0.15, 0.2) is 36.4 Å². The van der Waals surface area contributed by atoms with Gasteiger partial charge in [-0.25, -0.2) is 15.3 Å². The number of allylic oxidation sites excluding steroid dienone is 1. The standard InChI is InChI=1S/C30H46N4O6/c1-21(2)20-26(28(35)32-34(30(37)22(3)31)24-15-18-38-19-16-24)25(13-9-12-23-10-5-4-6-11-23)29(36)33-40-27-14-7-8-17-39-27/h4-6,9-12,21-22,24-27H,7-8,13-20,31H2,1-3H3,(H,32,35)(H,33,36)/t22-,25+,26-,27?/m1/s1. The van der Waals surface area contributed by atoms with Crippen LogP contribution in [0.2, 0.25) is 0 Å². The van der Waals surface area contributed by atoms with Crippen molar-refractivity contribution in [3.8, 4) is 0 Å². The molecule has 10 nitrogen and oxygen atoms in total. The quantitative estimate of drug-likeness (QED) is 0.335. The number of ether oxygens (including phenoxy) is 2. The number of amides is 3. The fraction of sp³-hybridized carbons (Fsp3) is 0.633. The Balaban J connectivity index is 1.83. The number of rotatable bonds is 12. The molecule has 2 saturated heterocycles. The van der Waals surface area contributed by atoms with Gasteiger partial charge in [-0.1, -0.05) is 56.3 Å². The second-order valence-electron chi connectivity index (χ2n) is 11.1. The molecular formula is C30H46N4O6. The number of hydrogen-bond acceptors (Lipinski definition) is 7. The molecule has 2 heterocycles. The molecule has 10 heteroatoms. The zero-order valence-corrected chi connectivity index (χ0v) is 24.1. The topological polar surface area (TPSA) is 132 Å². The Morgan fingerprint density at radius 3 is 2.38 bits per heavy atom. The molecule has 1 aromatic carbocycles. The van der Waals surface area contributed by atoms with E-state index in [-0.39, 0.29) is 17.9 Å². The summed E-state index contributed by atoms with van der Waals surface area (Å²) in [4.78, 5) is 46.1. The van der Waals surface area contributed by atoms with Crippen molar-refractivity contribution < 1.29 is 28.7 Å². The Labute approximate surface area is 237 Å². The molecule has 0 saturated carbocycles. The third-order valence-electron chi connectivity index (χ3n) is 7.23. The van der Waals surface area contributed by atoms with E-state index in [9.17, 15) is 14.4 Å². The summed E-state index contributed by atoms with van der Waals surface area (Å²) in [6.45, 7) is 7.18. The first kappa shape index (κ1) is 31.7. The minimum atomic E-state index is -0.788. The first-order valence-corrected chi connectivity index (χ1v) is 14.5. The summed E-state index contributed by atoms with van der Waals surface area (Å²) in [5, 5.41) is 1.37. The van der Waals surface area contributed by atoms with Gasteiger partial charge in [0.25, 0.3) is 5.91 Å². The summed E-state index contributed by atoms with van der Waals surface area (Å²) >= 11 is 0. The number of nitrogens with two attached hydrogens (primary N) is 1. The van der Waals surface area contributed by atoms with E-state index in [1.165, 1.54) is 5.01 Å². The fourth-order valence-electron chi connectivity index (χ4n) is 5.03. The number of hydrazine groups is 1. The van der Waals surface area contributed by atoms with Crippen molar-refractivity contribution in [3.63, 3.8) is 0 Å². The molecule has 0 spiro atoms. The number of hydrogen-bond donors (Lipinski definition) is 3. The number of carbonyl (C=O) groups excluding carboxylic acids is 3. The van der Waals surface area contributed by atoms with E-state index in [1.54, 1.807) is 6.92 Å². The summed E-state index contributed by atoms with van der Waals surface area (Å²) in [6, 6.07) is 8.75. The number of benzene rings is 1. The van der Waals surface area contributed by atoms with Crippen molar-refractivity contribution in [2.45, 2.75) is 84.1 Å². The number of carbonyl (C=O) groups is 3. The lowest BCUT2D eigenvalue weighted by Gasteiger charge is -2.37. The van der Waals surface area contributed by atoms with Crippen LogP contribution < -0.4 is 16.6 Å². The van der Waals surface area contributed by atoms with Gasteiger partial charge in [0.2, 0.25) is 11.8 Å². The Morgan fingerprint density at radius 2 is 1.75 bits per heavy atom. The van der Waals surface area contributed by atoms with Crippen molar-refractivity contribution in [3.05, 3.63) is 42.0 Å². The van der Waals surface area contributed by atoms with Gasteiger partial charge >= 0.3 is 0 Å². The number of nitrogens with zero attached hydrogens (tertiary/aromatic N) is 1. The van der Waals surface area contributed by atoms with E-state index in [0.29, 0.717) is 51.9 Å². The van der Waals surface area contributed by atoms with Crippen LogP contribution in [0.5, 0.6) is 0 Å². The Kier molecular flexibility index (Phi) is 13.1. The molecule has 222 valence electrons. The van der Waals surface area contributed by atoms with E-state index < -0.39 is 36.0 Å². The maximum absolute atomic E-state index is 13.9. The maximum atomic E-state index is 13.9. The van der Waals surface area contributed by atoms with Crippen molar-refractivity contribution in [2.75, 3.05) is 19.8 Å². The second kappa shape index (κ2) is 16.5. The fourth-order valence-corrected chi connectivity index (χ4v) is 5.03. The molecular weight excluding hydrogens is 512 g/mol. The lowest BCUT2D eigenvalue weighted by atomic mass is 9.82. The van der Waals surface area contributed by atoms with Gasteiger partial charge in [0.05, 0.1) is 23.9 Å². The predicted octanol–water partition coefficient (Wildman–Crippen LogP) is 3.33. The molecule has 4 atom stereocenters. The van der Waals surface area contributed by atoms with E-state index in [0.717, 1.165) is 18.4 Å². The largest absolute Gasteiger partial charge is 0.381 e. The first-order chi connectivity index (χ1) is 19.3. The maximum Gasteiger partial charge on any atom is 0.257 e. The molecule has 0 bridgehead atoms. The smallest absolute Gasteiger partial charge is 0.257 e. The average molecular weight is 559 g/mol. The van der Waals surface area contributed by atoms with E-state index in [4.69, 9.17) is 20.0 Å². The highest BCUT2D eigenvalue weighted by Crippen LogP contribution is 2.27. The lowest BCUT2D eigenvalue weighted by Crippen LogP contribution is -2.59. The van der Waals surface area contributed by atoms with Crippen molar-refractivity contribution >= 4 is 23.8 Å². The Bertz CT molecular complexity index is 958. The molecule has 4 N–H and O–H groups in total. The van der Waals surface area contributed by atoms with E-state index >= 15 is 0 Å². The van der Waals surface area contributed by atoms with Gasteiger partial charge in [0, 0.05) is 26.2 Å². The number of nitrogens with one attached hydrogen (secondary N) is 2. The predicted molar refractivity (Wildman–Crippen MR) is 152 cm³/mol. The summed E-state index contributed by atoms with van der Waals surface area (Å²) < 4.78 is 11.0. The normalized spacial score (nSPS) is 20.6. The highest BCUT2D eigenvalue weighted by molar-refractivity contribution is 5.90. The lowest BCUT2D eigenvalue weighted by molar-refractivity contribution is -0.203.